The van der Waals surface area contributed by atoms with Gasteiger partial charge in [0.05, 0.1) is 24.0 Å². The molecular weight excluding hydrogens is 458 g/mol. The number of hydrogen-bond donors (Lipinski definition) is 2. The molecule has 1 aromatic carbocycles. The number of nitrogens with two attached hydrogens (primary N) is 1. The molecule has 0 aliphatic carbocycles. The average Bonchev–Trinajstić information content (AvgIpc) is 3.37. The molecule has 10 nitrogen and oxygen atoms in total. The molecule has 4 aromatic rings. The number of anilines is 2. The minimum absolute atomic E-state index is 0.0285. The Labute approximate surface area is 197 Å². The van der Waals surface area contributed by atoms with Gasteiger partial charge in [0.15, 0.2) is 17.2 Å². The predicted octanol–water partition coefficient (Wildman–Crippen LogP) is 1.97. The van der Waals surface area contributed by atoms with Crippen molar-refractivity contribution in [2.75, 3.05) is 17.2 Å². The molecule has 35 heavy (non-hydrogen) atoms. The summed E-state index contributed by atoms with van der Waals surface area (Å²) in [6, 6.07) is 6.01. The van der Waals surface area contributed by atoms with E-state index in [0.29, 0.717) is 35.1 Å². The maximum absolute atomic E-state index is 14.5. The van der Waals surface area contributed by atoms with Crippen LogP contribution in [0, 0.1) is 17.6 Å². The van der Waals surface area contributed by atoms with Crippen LogP contribution in [0.15, 0.2) is 41.3 Å². The lowest BCUT2D eigenvalue weighted by atomic mass is 9.85. The Hall–Kier alpha value is -4.35. The van der Waals surface area contributed by atoms with Gasteiger partial charge < -0.3 is 16.0 Å². The molecule has 0 bridgehead atoms. The van der Waals surface area contributed by atoms with E-state index in [0.717, 1.165) is 6.42 Å². The van der Waals surface area contributed by atoms with Crippen LogP contribution in [-0.4, -0.2) is 36.6 Å². The number of nitrogens with zero attached hydrogens (tertiary/aromatic N) is 6. The molecule has 12 heteroatoms. The van der Waals surface area contributed by atoms with E-state index in [-0.39, 0.29) is 29.8 Å². The number of rotatable bonds is 4. The van der Waals surface area contributed by atoms with Gasteiger partial charge in [-0.1, -0.05) is 6.92 Å². The Morgan fingerprint density at radius 2 is 1.91 bits per heavy atom. The standard InChI is InChI=1S/C23H20F2N8O2/c1-2-11-10-31(19-16-15(9-27-21(16)34)28-23(26)29-19)17(11)20-30-32-8-7-14(25)18(32)22(35)33(20)13-5-3-12(24)4-6-13/h3-8,11,17H,2,9-10H2,1H3,(H,27,34)(H2,26,28,29)/t11-,17+/m1/s1. The van der Waals surface area contributed by atoms with Gasteiger partial charge in [-0.15, -0.1) is 0 Å². The monoisotopic (exact) mass is 478 g/mol. The maximum atomic E-state index is 14.5. The fraction of sp³-hybridized carbons (Fsp3) is 0.261. The third-order valence-corrected chi connectivity index (χ3v) is 6.65. The van der Waals surface area contributed by atoms with E-state index < -0.39 is 23.2 Å². The Morgan fingerprint density at radius 1 is 1.14 bits per heavy atom. The first-order valence-corrected chi connectivity index (χ1v) is 11.1. The first-order valence-electron chi connectivity index (χ1n) is 11.1. The molecule has 0 unspecified atom stereocenters. The largest absolute Gasteiger partial charge is 0.368 e. The van der Waals surface area contributed by atoms with Crippen LogP contribution in [0.3, 0.4) is 0 Å². The quantitative estimate of drug-likeness (QED) is 0.460. The smallest absolute Gasteiger partial charge is 0.285 e. The van der Waals surface area contributed by atoms with Gasteiger partial charge in [-0.3, -0.25) is 14.2 Å². The van der Waals surface area contributed by atoms with E-state index in [1.807, 2.05) is 11.8 Å². The van der Waals surface area contributed by atoms with Gasteiger partial charge in [0.2, 0.25) is 5.95 Å². The van der Waals surface area contributed by atoms with Crippen molar-refractivity contribution in [3.8, 4) is 5.69 Å². The Morgan fingerprint density at radius 3 is 2.66 bits per heavy atom. The van der Waals surface area contributed by atoms with Crippen LogP contribution in [0.1, 0.15) is 41.3 Å². The van der Waals surface area contributed by atoms with Gasteiger partial charge in [0, 0.05) is 18.7 Å². The van der Waals surface area contributed by atoms with Crippen LogP contribution in [0.25, 0.3) is 11.2 Å². The second kappa shape index (κ2) is 7.58. The number of hydrogen-bond acceptors (Lipinski definition) is 7. The van der Waals surface area contributed by atoms with Crippen molar-refractivity contribution in [3.05, 3.63) is 75.6 Å². The molecule has 0 radical (unpaired) electrons. The Balaban J connectivity index is 1.59. The Bertz CT molecular complexity index is 1560. The second-order valence-electron chi connectivity index (χ2n) is 8.61. The summed E-state index contributed by atoms with van der Waals surface area (Å²) < 4.78 is 30.7. The van der Waals surface area contributed by atoms with Crippen molar-refractivity contribution in [3.63, 3.8) is 0 Å². The third-order valence-electron chi connectivity index (χ3n) is 6.65. The number of nitrogen functional groups attached to an aromatic ring is 1. The second-order valence-corrected chi connectivity index (χ2v) is 8.61. The van der Waals surface area contributed by atoms with Crippen molar-refractivity contribution in [2.45, 2.75) is 25.9 Å². The molecule has 3 aromatic heterocycles. The predicted molar refractivity (Wildman–Crippen MR) is 122 cm³/mol. The topological polar surface area (TPSA) is 123 Å². The van der Waals surface area contributed by atoms with E-state index in [9.17, 15) is 18.4 Å². The van der Waals surface area contributed by atoms with Gasteiger partial charge in [-0.2, -0.15) is 10.1 Å². The number of nitrogens with one attached hydrogen (secondary N) is 1. The molecule has 1 fully saturated rings. The van der Waals surface area contributed by atoms with Crippen LogP contribution in [0.5, 0.6) is 0 Å². The summed E-state index contributed by atoms with van der Waals surface area (Å²) in [4.78, 5) is 36.5. The summed E-state index contributed by atoms with van der Waals surface area (Å²) in [5.74, 6) is -0.742. The summed E-state index contributed by atoms with van der Waals surface area (Å²) in [7, 11) is 0. The van der Waals surface area contributed by atoms with Gasteiger partial charge in [-0.05, 0) is 36.8 Å². The number of carbonyl (C=O) groups excluding carboxylic acids is 1. The molecule has 5 heterocycles. The summed E-state index contributed by atoms with van der Waals surface area (Å²) in [5.41, 5.74) is 6.27. The lowest BCUT2D eigenvalue weighted by Gasteiger charge is -2.48. The fourth-order valence-corrected chi connectivity index (χ4v) is 4.92. The number of carbonyl (C=O) groups is 1. The molecule has 2 aliphatic rings. The molecule has 3 N–H and O–H groups in total. The van der Waals surface area contributed by atoms with Crippen molar-refractivity contribution < 1.29 is 13.6 Å². The number of amides is 1. The molecule has 2 atom stereocenters. The van der Waals surface area contributed by atoms with Crippen LogP contribution < -0.4 is 21.5 Å². The summed E-state index contributed by atoms with van der Waals surface area (Å²) >= 11 is 0. The lowest BCUT2D eigenvalue weighted by Crippen LogP contribution is -2.53. The van der Waals surface area contributed by atoms with Crippen molar-refractivity contribution in [1.82, 2.24) is 29.5 Å². The summed E-state index contributed by atoms with van der Waals surface area (Å²) in [5, 5.41) is 7.35. The zero-order chi connectivity index (χ0) is 24.4. The zero-order valence-electron chi connectivity index (χ0n) is 18.6. The van der Waals surface area contributed by atoms with Crippen molar-refractivity contribution in [1.29, 1.82) is 0 Å². The van der Waals surface area contributed by atoms with E-state index in [1.165, 1.54) is 45.6 Å². The number of halogens is 2. The van der Waals surface area contributed by atoms with Gasteiger partial charge in [0.1, 0.15) is 17.2 Å². The van der Waals surface area contributed by atoms with Crippen LogP contribution >= 0.6 is 0 Å². The SMILES string of the molecule is CC[C@@H]1CN(c2nc(N)nc3c2C(=O)NC3)[C@@H]1c1nn2ccc(F)c2c(=O)n1-c1ccc(F)cc1. The van der Waals surface area contributed by atoms with E-state index in [4.69, 9.17) is 5.73 Å². The zero-order valence-corrected chi connectivity index (χ0v) is 18.6. The highest BCUT2D eigenvalue weighted by atomic mass is 19.1. The fourth-order valence-electron chi connectivity index (χ4n) is 4.92. The van der Waals surface area contributed by atoms with E-state index in [2.05, 4.69) is 20.4 Å². The Kier molecular flexibility index (Phi) is 4.59. The summed E-state index contributed by atoms with van der Waals surface area (Å²) in [6.07, 6.45) is 2.12. The molecule has 178 valence electrons. The van der Waals surface area contributed by atoms with Crippen molar-refractivity contribution in [2.24, 2.45) is 5.92 Å². The van der Waals surface area contributed by atoms with Crippen LogP contribution in [0.4, 0.5) is 20.5 Å². The molecule has 0 saturated carbocycles. The van der Waals surface area contributed by atoms with E-state index in [1.54, 1.807) is 0 Å². The van der Waals surface area contributed by atoms with Gasteiger partial charge in [0.25, 0.3) is 11.5 Å². The van der Waals surface area contributed by atoms with Gasteiger partial charge in [-0.25, -0.2) is 18.3 Å². The van der Waals surface area contributed by atoms with Crippen molar-refractivity contribution >= 4 is 23.2 Å². The number of benzene rings is 1. The number of fused-ring (bicyclic) bond motifs is 2. The molecule has 1 saturated heterocycles. The first kappa shape index (κ1) is 21.2. The third kappa shape index (κ3) is 3.09. The molecule has 1 amide bonds. The van der Waals surface area contributed by atoms with E-state index >= 15 is 0 Å². The normalized spacial score (nSPS) is 19.1. The average molecular weight is 478 g/mol. The number of aromatic nitrogens is 5. The van der Waals surface area contributed by atoms with Crippen LogP contribution in [-0.2, 0) is 6.54 Å². The van der Waals surface area contributed by atoms with Crippen LogP contribution in [0.2, 0.25) is 0 Å². The first-order chi connectivity index (χ1) is 16.9. The maximum Gasteiger partial charge on any atom is 0.285 e. The molecule has 2 aliphatic heterocycles. The molecular formula is C23H20F2N8O2. The minimum atomic E-state index is -0.708. The molecule has 6 rings (SSSR count). The highest BCUT2D eigenvalue weighted by Gasteiger charge is 2.45. The summed E-state index contributed by atoms with van der Waals surface area (Å²) in [6.45, 7) is 2.79. The minimum Gasteiger partial charge on any atom is -0.368 e. The highest BCUT2D eigenvalue weighted by molar-refractivity contribution is 6.02. The molecule has 0 spiro atoms. The lowest BCUT2D eigenvalue weighted by molar-refractivity contribution is 0.0965. The highest BCUT2D eigenvalue weighted by Crippen LogP contribution is 2.44. The van der Waals surface area contributed by atoms with Gasteiger partial charge >= 0.3 is 0 Å².